The fourth-order valence-corrected chi connectivity index (χ4v) is 3.33. The highest BCUT2D eigenvalue weighted by Crippen LogP contribution is 2.33. The summed E-state index contributed by atoms with van der Waals surface area (Å²) in [5, 5.41) is 13.0. The molecule has 0 unspecified atom stereocenters. The van der Waals surface area contributed by atoms with Gasteiger partial charge in [-0.05, 0) is 59.8 Å². The molecule has 7 nitrogen and oxygen atoms in total. The number of benzene rings is 2. The third-order valence-corrected chi connectivity index (χ3v) is 5.19. The predicted molar refractivity (Wildman–Crippen MR) is 125 cm³/mol. The van der Waals surface area contributed by atoms with Gasteiger partial charge in [-0.2, -0.15) is 12.6 Å². The molecule has 0 aromatic heterocycles. The van der Waals surface area contributed by atoms with Crippen LogP contribution in [0, 0.1) is 10.5 Å². The van der Waals surface area contributed by atoms with E-state index < -0.39 is 24.3 Å². The monoisotopic (exact) mass is 545 g/mol. The van der Waals surface area contributed by atoms with Gasteiger partial charge in [0.1, 0.15) is 11.9 Å². The second-order valence-electron chi connectivity index (χ2n) is 6.46. The van der Waals surface area contributed by atoms with Gasteiger partial charge in [0.05, 0.1) is 12.4 Å². The van der Waals surface area contributed by atoms with Crippen molar-refractivity contribution in [3.8, 4) is 5.75 Å². The van der Waals surface area contributed by atoms with Crippen LogP contribution < -0.4 is 5.32 Å². The smallest absolute Gasteiger partial charge is 0.412 e. The number of phenols is 1. The van der Waals surface area contributed by atoms with Crippen molar-refractivity contribution < 1.29 is 28.9 Å². The van der Waals surface area contributed by atoms with Gasteiger partial charge in [0.25, 0.3) is 0 Å². The standard InChI is InChI=1S/C21H24INO6S/c1-13-3-6-15(7-4-13)23-21(26)29-20(16-11-14(22)5-8-17(16)24)18(27-2)9-10-28-19(25)12-30/h3-8,11,18,20,24,30H,9-10,12H2,1-2H3,(H,23,26)/t18-,20-/m1/s1. The van der Waals surface area contributed by atoms with Crippen molar-refractivity contribution in [3.05, 3.63) is 57.2 Å². The van der Waals surface area contributed by atoms with Crippen molar-refractivity contribution in [2.75, 3.05) is 24.8 Å². The van der Waals surface area contributed by atoms with Gasteiger partial charge in [-0.1, -0.05) is 17.7 Å². The molecule has 0 spiro atoms. The highest BCUT2D eigenvalue weighted by atomic mass is 127. The average molecular weight is 545 g/mol. The van der Waals surface area contributed by atoms with Gasteiger partial charge in [0.15, 0.2) is 6.10 Å². The lowest BCUT2D eigenvalue weighted by atomic mass is 10.0. The SMILES string of the molecule is CO[C@H](CCOC(=O)CS)[C@H](OC(=O)Nc1ccc(C)cc1)c1cc(I)ccc1O. The van der Waals surface area contributed by atoms with E-state index in [1.54, 1.807) is 24.3 Å². The number of halogens is 1. The number of carbonyl (C=O) groups is 2. The van der Waals surface area contributed by atoms with Crippen molar-refractivity contribution >= 4 is 53.0 Å². The second kappa shape index (κ2) is 12.0. The lowest BCUT2D eigenvalue weighted by Crippen LogP contribution is -2.29. The number of rotatable bonds is 9. The fraction of sp³-hybridized carbons (Fsp3) is 0.333. The zero-order chi connectivity index (χ0) is 22.1. The summed E-state index contributed by atoms with van der Waals surface area (Å²) in [6.07, 6.45) is -2.03. The van der Waals surface area contributed by atoms with Crippen LogP contribution in [0.2, 0.25) is 0 Å². The molecule has 0 aliphatic heterocycles. The van der Waals surface area contributed by atoms with Crippen molar-refractivity contribution in [1.82, 2.24) is 0 Å². The molecule has 0 aliphatic carbocycles. The lowest BCUT2D eigenvalue weighted by molar-refractivity contribution is -0.141. The normalized spacial score (nSPS) is 12.7. The number of aryl methyl sites for hydroxylation is 1. The van der Waals surface area contributed by atoms with Crippen LogP contribution in [0.1, 0.15) is 23.7 Å². The van der Waals surface area contributed by atoms with Gasteiger partial charge in [-0.15, -0.1) is 0 Å². The molecule has 0 radical (unpaired) electrons. The van der Waals surface area contributed by atoms with E-state index in [1.807, 2.05) is 19.1 Å². The van der Waals surface area contributed by atoms with E-state index in [1.165, 1.54) is 13.2 Å². The Kier molecular flexibility index (Phi) is 9.73. The second-order valence-corrected chi connectivity index (χ2v) is 8.02. The highest BCUT2D eigenvalue weighted by Gasteiger charge is 2.30. The molecule has 1 amide bonds. The number of anilines is 1. The lowest BCUT2D eigenvalue weighted by Gasteiger charge is -2.27. The van der Waals surface area contributed by atoms with Crippen molar-refractivity contribution in [2.24, 2.45) is 0 Å². The van der Waals surface area contributed by atoms with Crippen LogP contribution in [0.3, 0.4) is 0 Å². The first kappa shape index (κ1) is 24.3. The first-order valence-corrected chi connectivity index (χ1v) is 10.9. The Bertz CT molecular complexity index is 861. The Balaban J connectivity index is 2.21. The maximum absolute atomic E-state index is 12.6. The summed E-state index contributed by atoms with van der Waals surface area (Å²) in [5.74, 6) is -0.522. The number of thiol groups is 1. The predicted octanol–water partition coefficient (Wildman–Crippen LogP) is 4.47. The summed E-state index contributed by atoms with van der Waals surface area (Å²) < 4.78 is 17.1. The molecule has 0 bridgehead atoms. The number of carbonyl (C=O) groups excluding carboxylic acids is 2. The fourth-order valence-electron chi connectivity index (χ4n) is 2.72. The molecule has 2 aromatic rings. The summed E-state index contributed by atoms with van der Waals surface area (Å²) in [5.41, 5.74) is 2.03. The minimum atomic E-state index is -0.926. The van der Waals surface area contributed by atoms with E-state index >= 15 is 0 Å². The van der Waals surface area contributed by atoms with Crippen LogP contribution in [-0.4, -0.2) is 42.7 Å². The number of amides is 1. The number of aromatic hydroxyl groups is 1. The summed E-state index contributed by atoms with van der Waals surface area (Å²) in [7, 11) is 1.46. The summed E-state index contributed by atoms with van der Waals surface area (Å²) in [6.45, 7) is 2.00. The maximum atomic E-state index is 12.6. The van der Waals surface area contributed by atoms with E-state index in [4.69, 9.17) is 14.2 Å². The van der Waals surface area contributed by atoms with Gasteiger partial charge < -0.3 is 19.3 Å². The first-order valence-electron chi connectivity index (χ1n) is 9.16. The Labute approximate surface area is 194 Å². The first-order chi connectivity index (χ1) is 14.3. The number of hydrogen-bond donors (Lipinski definition) is 3. The maximum Gasteiger partial charge on any atom is 0.412 e. The van der Waals surface area contributed by atoms with Crippen LogP contribution in [0.25, 0.3) is 0 Å². The van der Waals surface area contributed by atoms with Crippen LogP contribution >= 0.6 is 35.2 Å². The molecule has 2 atom stereocenters. The van der Waals surface area contributed by atoms with Crippen molar-refractivity contribution in [1.29, 1.82) is 0 Å². The van der Waals surface area contributed by atoms with Crippen LogP contribution in [0.4, 0.5) is 10.5 Å². The van der Waals surface area contributed by atoms with Crippen LogP contribution in [0.5, 0.6) is 5.75 Å². The average Bonchev–Trinajstić information content (AvgIpc) is 2.73. The highest BCUT2D eigenvalue weighted by molar-refractivity contribution is 14.1. The van der Waals surface area contributed by atoms with Gasteiger partial charge in [-0.25, -0.2) is 4.79 Å². The Morgan fingerprint density at radius 2 is 1.90 bits per heavy atom. The molecule has 0 saturated carbocycles. The number of hydrogen-bond acceptors (Lipinski definition) is 7. The molecule has 30 heavy (non-hydrogen) atoms. The van der Waals surface area contributed by atoms with Crippen molar-refractivity contribution in [3.63, 3.8) is 0 Å². The topological polar surface area (TPSA) is 94.1 Å². The van der Waals surface area contributed by atoms with Gasteiger partial charge in [0.2, 0.25) is 0 Å². The molecule has 2 N–H and O–H groups in total. The van der Waals surface area contributed by atoms with E-state index in [-0.39, 0.29) is 24.5 Å². The summed E-state index contributed by atoms with van der Waals surface area (Å²) >= 11 is 5.97. The molecular formula is C21H24INO6S. The Hall–Kier alpha value is -1.98. The molecule has 162 valence electrons. The molecule has 2 rings (SSSR count). The molecular weight excluding hydrogens is 521 g/mol. The third kappa shape index (κ3) is 7.37. The number of esters is 1. The third-order valence-electron chi connectivity index (χ3n) is 4.26. The number of phenolic OH excluding ortho intramolecular Hbond substituents is 1. The Morgan fingerprint density at radius 3 is 2.53 bits per heavy atom. The van der Waals surface area contributed by atoms with E-state index in [2.05, 4.69) is 40.5 Å². The van der Waals surface area contributed by atoms with Crippen LogP contribution in [-0.2, 0) is 19.0 Å². The summed E-state index contributed by atoms with van der Waals surface area (Å²) in [4.78, 5) is 23.9. The van der Waals surface area contributed by atoms with E-state index in [0.717, 1.165) is 9.13 Å². The van der Waals surface area contributed by atoms with E-state index in [0.29, 0.717) is 11.3 Å². The van der Waals surface area contributed by atoms with E-state index in [9.17, 15) is 14.7 Å². The molecule has 0 heterocycles. The largest absolute Gasteiger partial charge is 0.508 e. The van der Waals surface area contributed by atoms with Crippen LogP contribution in [0.15, 0.2) is 42.5 Å². The molecule has 0 saturated heterocycles. The van der Waals surface area contributed by atoms with Crippen molar-refractivity contribution in [2.45, 2.75) is 25.6 Å². The minimum absolute atomic E-state index is 0.0297. The van der Waals surface area contributed by atoms with Gasteiger partial charge in [0, 0.05) is 28.4 Å². The number of nitrogens with one attached hydrogen (secondary N) is 1. The summed E-state index contributed by atoms with van der Waals surface area (Å²) in [6, 6.07) is 12.2. The quantitative estimate of drug-likeness (QED) is 0.245. The van der Waals surface area contributed by atoms with Gasteiger partial charge >= 0.3 is 12.1 Å². The zero-order valence-electron chi connectivity index (χ0n) is 16.6. The zero-order valence-corrected chi connectivity index (χ0v) is 19.7. The van der Waals surface area contributed by atoms with Gasteiger partial charge in [-0.3, -0.25) is 10.1 Å². The Morgan fingerprint density at radius 1 is 1.20 bits per heavy atom. The molecule has 0 aliphatic rings. The molecule has 0 fully saturated rings. The molecule has 2 aromatic carbocycles. The minimum Gasteiger partial charge on any atom is -0.508 e. The molecule has 9 heteroatoms. The number of methoxy groups -OCH3 is 1. The number of ether oxygens (including phenoxy) is 3.